The normalized spacial score (nSPS) is 10.5. The molecule has 78 valence electrons. The van der Waals surface area contributed by atoms with Crippen LogP contribution in [0.2, 0.25) is 0 Å². The molecule has 0 rings (SSSR count). The molecule has 0 aromatic carbocycles. The summed E-state index contributed by atoms with van der Waals surface area (Å²) in [5.74, 6) is -0.0904. The lowest BCUT2D eigenvalue weighted by Gasteiger charge is -2.07. The molecule has 0 aromatic heterocycles. The van der Waals surface area contributed by atoms with E-state index in [2.05, 4.69) is 0 Å². The van der Waals surface area contributed by atoms with Gasteiger partial charge in [0.1, 0.15) is 0 Å². The molecule has 0 saturated carbocycles. The van der Waals surface area contributed by atoms with Crippen LogP contribution in [0.5, 0.6) is 0 Å². The van der Waals surface area contributed by atoms with Gasteiger partial charge in [-0.25, -0.2) is 0 Å². The second kappa shape index (κ2) is 8.05. The van der Waals surface area contributed by atoms with Gasteiger partial charge >= 0.3 is 5.97 Å². The minimum absolute atomic E-state index is 0.00600. The maximum atomic E-state index is 11.0. The van der Waals surface area contributed by atoms with Crippen LogP contribution in [0.25, 0.3) is 0 Å². The lowest BCUT2D eigenvalue weighted by atomic mass is 10.2. The van der Waals surface area contributed by atoms with Crippen molar-refractivity contribution in [2.45, 2.75) is 45.6 Å². The number of rotatable bonds is 7. The van der Waals surface area contributed by atoms with Crippen LogP contribution < -0.4 is 0 Å². The van der Waals surface area contributed by atoms with Crippen molar-refractivity contribution in [2.24, 2.45) is 0 Å². The first-order valence-electron chi connectivity index (χ1n) is 4.85. The Morgan fingerprint density at radius 1 is 1.23 bits per heavy atom. The van der Waals surface area contributed by atoms with Crippen molar-refractivity contribution in [1.82, 2.24) is 0 Å². The van der Waals surface area contributed by atoms with Gasteiger partial charge in [0.25, 0.3) is 0 Å². The molecule has 13 heavy (non-hydrogen) atoms. The van der Waals surface area contributed by atoms with E-state index in [1.165, 1.54) is 0 Å². The summed E-state index contributed by atoms with van der Waals surface area (Å²) in [4.78, 5) is 11.0. The van der Waals surface area contributed by atoms with E-state index in [9.17, 15) is 4.79 Å². The Labute approximate surface area is 80.4 Å². The van der Waals surface area contributed by atoms with E-state index in [0.717, 1.165) is 25.9 Å². The molecular weight excluding hydrogens is 168 g/mol. The average molecular weight is 188 g/mol. The lowest BCUT2D eigenvalue weighted by molar-refractivity contribution is -0.147. The number of hydrogen-bond acceptors (Lipinski definition) is 3. The highest BCUT2D eigenvalue weighted by Gasteiger charge is 2.03. The fourth-order valence-corrected chi connectivity index (χ4v) is 1.01. The molecule has 0 unspecified atom stereocenters. The first-order valence-corrected chi connectivity index (χ1v) is 4.85. The molecule has 0 aromatic rings. The number of hydrogen-bond donors (Lipinski definition) is 0. The van der Waals surface area contributed by atoms with Gasteiger partial charge in [-0.2, -0.15) is 0 Å². The fourth-order valence-electron chi connectivity index (χ4n) is 1.01. The molecule has 3 heteroatoms. The van der Waals surface area contributed by atoms with E-state index in [1.54, 1.807) is 7.11 Å². The van der Waals surface area contributed by atoms with Gasteiger partial charge in [0.05, 0.1) is 6.10 Å². The summed E-state index contributed by atoms with van der Waals surface area (Å²) in [6.07, 6.45) is 3.48. The highest BCUT2D eigenvalue weighted by Crippen LogP contribution is 2.02. The zero-order chi connectivity index (χ0) is 10.1. The summed E-state index contributed by atoms with van der Waals surface area (Å²) in [5.41, 5.74) is 0. The van der Waals surface area contributed by atoms with E-state index in [4.69, 9.17) is 9.47 Å². The van der Waals surface area contributed by atoms with Gasteiger partial charge in [0.15, 0.2) is 0 Å². The molecule has 0 heterocycles. The van der Waals surface area contributed by atoms with E-state index >= 15 is 0 Å². The topological polar surface area (TPSA) is 35.5 Å². The minimum atomic E-state index is -0.0904. The molecule has 0 atom stereocenters. The number of methoxy groups -OCH3 is 1. The van der Waals surface area contributed by atoms with Crippen molar-refractivity contribution in [3.8, 4) is 0 Å². The van der Waals surface area contributed by atoms with Gasteiger partial charge in [-0.3, -0.25) is 4.79 Å². The monoisotopic (exact) mass is 188 g/mol. The third-order valence-electron chi connectivity index (χ3n) is 1.60. The Balaban J connectivity index is 3.17. The molecule has 0 aliphatic heterocycles. The average Bonchev–Trinajstić information content (AvgIpc) is 2.02. The van der Waals surface area contributed by atoms with Crippen LogP contribution in [0.15, 0.2) is 0 Å². The summed E-state index contributed by atoms with van der Waals surface area (Å²) in [6.45, 7) is 4.50. The third kappa shape index (κ3) is 9.34. The quantitative estimate of drug-likeness (QED) is 0.453. The molecule has 0 fully saturated rings. The standard InChI is InChI=1S/C10H20O3/c1-9(2)13-10(11)7-5-4-6-8-12-3/h9H,4-8H2,1-3H3. The summed E-state index contributed by atoms with van der Waals surface area (Å²) in [7, 11) is 1.69. The van der Waals surface area contributed by atoms with Gasteiger partial charge in [0.2, 0.25) is 0 Å². The molecule has 0 aliphatic carbocycles. The highest BCUT2D eigenvalue weighted by molar-refractivity contribution is 5.69. The lowest BCUT2D eigenvalue weighted by Crippen LogP contribution is -2.10. The van der Waals surface area contributed by atoms with Crippen LogP contribution in [0, 0.1) is 0 Å². The van der Waals surface area contributed by atoms with Crippen molar-refractivity contribution in [3.63, 3.8) is 0 Å². The van der Waals surface area contributed by atoms with Crippen LogP contribution in [-0.2, 0) is 14.3 Å². The summed E-state index contributed by atoms with van der Waals surface area (Å²) >= 11 is 0. The number of carbonyl (C=O) groups is 1. The fraction of sp³-hybridized carbons (Fsp3) is 0.900. The first kappa shape index (κ1) is 12.4. The van der Waals surface area contributed by atoms with Crippen molar-refractivity contribution in [3.05, 3.63) is 0 Å². The van der Waals surface area contributed by atoms with Gasteiger partial charge in [-0.05, 0) is 26.7 Å². The second-order valence-corrected chi connectivity index (χ2v) is 3.34. The van der Waals surface area contributed by atoms with Gasteiger partial charge in [0, 0.05) is 20.1 Å². The smallest absolute Gasteiger partial charge is 0.306 e. The maximum Gasteiger partial charge on any atom is 0.306 e. The number of esters is 1. The van der Waals surface area contributed by atoms with Crippen molar-refractivity contribution < 1.29 is 14.3 Å². The van der Waals surface area contributed by atoms with E-state index in [0.29, 0.717) is 6.42 Å². The zero-order valence-corrected chi connectivity index (χ0v) is 8.84. The molecule has 0 amide bonds. The first-order chi connectivity index (χ1) is 6.16. The van der Waals surface area contributed by atoms with Crippen molar-refractivity contribution >= 4 is 5.97 Å². The minimum Gasteiger partial charge on any atom is -0.463 e. The Bertz CT molecular complexity index is 132. The zero-order valence-electron chi connectivity index (χ0n) is 8.84. The van der Waals surface area contributed by atoms with E-state index < -0.39 is 0 Å². The van der Waals surface area contributed by atoms with Crippen LogP contribution in [0.3, 0.4) is 0 Å². The van der Waals surface area contributed by atoms with Crippen LogP contribution >= 0.6 is 0 Å². The molecule has 0 aliphatic rings. The predicted octanol–water partition coefficient (Wildman–Crippen LogP) is 2.14. The molecule has 0 spiro atoms. The number of unbranched alkanes of at least 4 members (excludes halogenated alkanes) is 2. The summed E-state index contributed by atoms with van der Waals surface area (Å²) < 4.78 is 9.88. The molecule has 0 bridgehead atoms. The third-order valence-corrected chi connectivity index (χ3v) is 1.60. The summed E-state index contributed by atoms with van der Waals surface area (Å²) in [6, 6.07) is 0. The van der Waals surface area contributed by atoms with E-state index in [-0.39, 0.29) is 12.1 Å². The Hall–Kier alpha value is -0.570. The van der Waals surface area contributed by atoms with Gasteiger partial charge in [-0.15, -0.1) is 0 Å². The molecule has 3 nitrogen and oxygen atoms in total. The predicted molar refractivity (Wildman–Crippen MR) is 51.6 cm³/mol. The van der Waals surface area contributed by atoms with Crippen molar-refractivity contribution in [1.29, 1.82) is 0 Å². The molecular formula is C10H20O3. The number of carbonyl (C=O) groups excluding carboxylic acids is 1. The molecule has 0 saturated heterocycles. The van der Waals surface area contributed by atoms with E-state index in [1.807, 2.05) is 13.8 Å². The SMILES string of the molecule is COCCCCCC(=O)OC(C)C. The second-order valence-electron chi connectivity index (χ2n) is 3.34. The summed E-state index contributed by atoms with van der Waals surface area (Å²) in [5, 5.41) is 0. The van der Waals surface area contributed by atoms with Crippen LogP contribution in [-0.4, -0.2) is 25.8 Å². The van der Waals surface area contributed by atoms with Gasteiger partial charge < -0.3 is 9.47 Å². The Morgan fingerprint density at radius 2 is 1.92 bits per heavy atom. The Morgan fingerprint density at radius 3 is 2.46 bits per heavy atom. The Kier molecular flexibility index (Phi) is 7.69. The van der Waals surface area contributed by atoms with Crippen LogP contribution in [0.4, 0.5) is 0 Å². The highest BCUT2D eigenvalue weighted by atomic mass is 16.5. The largest absolute Gasteiger partial charge is 0.463 e. The van der Waals surface area contributed by atoms with Crippen LogP contribution in [0.1, 0.15) is 39.5 Å². The van der Waals surface area contributed by atoms with Gasteiger partial charge in [-0.1, -0.05) is 6.42 Å². The van der Waals surface area contributed by atoms with Crippen molar-refractivity contribution in [2.75, 3.05) is 13.7 Å². The molecule has 0 N–H and O–H groups in total. The number of ether oxygens (including phenoxy) is 2. The molecule has 0 radical (unpaired) electrons. The maximum absolute atomic E-state index is 11.0.